The second-order valence-electron chi connectivity index (χ2n) is 6.33. The Balaban J connectivity index is 0.00000291. The van der Waals surface area contributed by atoms with Crippen molar-refractivity contribution in [1.29, 1.82) is 5.41 Å². The summed E-state index contributed by atoms with van der Waals surface area (Å²) in [5.74, 6) is -0.363. The number of hydrogen-bond acceptors (Lipinski definition) is 5. The van der Waals surface area contributed by atoms with Gasteiger partial charge in [-0.25, -0.2) is 0 Å². The quantitative estimate of drug-likeness (QED) is 0.191. The van der Waals surface area contributed by atoms with Crippen LogP contribution in [0, 0.1) is 5.41 Å². The average molecular weight is 594 g/mol. The van der Waals surface area contributed by atoms with Gasteiger partial charge in [0.25, 0.3) is 5.91 Å². The van der Waals surface area contributed by atoms with Crippen LogP contribution in [0.25, 0.3) is 5.73 Å². The molecule has 0 atom stereocenters. The minimum Gasteiger partial charge on any atom is -0.699 e. The van der Waals surface area contributed by atoms with Crippen molar-refractivity contribution in [2.24, 2.45) is 0 Å². The molecule has 7 nitrogen and oxygen atoms in total. The molecule has 0 spiro atoms. The third-order valence-corrected chi connectivity index (χ3v) is 4.08. The van der Waals surface area contributed by atoms with Gasteiger partial charge in [-0.15, -0.1) is 5.69 Å². The van der Waals surface area contributed by atoms with Gasteiger partial charge < -0.3 is 26.7 Å². The van der Waals surface area contributed by atoms with E-state index in [1.807, 2.05) is 6.07 Å². The summed E-state index contributed by atoms with van der Waals surface area (Å²) in [4.78, 5) is 24.1. The van der Waals surface area contributed by atoms with Gasteiger partial charge in [0.15, 0.2) is 5.78 Å². The zero-order chi connectivity index (χ0) is 22.4. The molecule has 0 aliphatic carbocycles. The van der Waals surface area contributed by atoms with Gasteiger partial charge in [0.05, 0.1) is 5.71 Å². The molecule has 0 aliphatic heterocycles. The Hall–Kier alpha value is -2.60. The second-order valence-corrected chi connectivity index (χ2v) is 6.33. The molecule has 5 N–H and O–H groups in total. The zero-order valence-electron chi connectivity index (χ0n) is 17.4. The van der Waals surface area contributed by atoms with Crippen molar-refractivity contribution in [1.82, 2.24) is 5.32 Å². The van der Waals surface area contributed by atoms with E-state index in [1.165, 1.54) is 12.2 Å². The largest absolute Gasteiger partial charge is 0.699 e. The fraction of sp³-hybridized carbons (Fsp3) is 0.261. The summed E-state index contributed by atoms with van der Waals surface area (Å²) in [6.07, 6.45) is 4.15. The van der Waals surface area contributed by atoms with Gasteiger partial charge in [0.1, 0.15) is 0 Å². The summed E-state index contributed by atoms with van der Waals surface area (Å²) in [6, 6.07) is 13.7. The van der Waals surface area contributed by atoms with E-state index >= 15 is 0 Å². The monoisotopic (exact) mass is 594 g/mol. The molecule has 31 heavy (non-hydrogen) atoms. The number of benzene rings is 2. The Kier molecular flexibility index (Phi) is 14.8. The Morgan fingerprint density at radius 3 is 2.42 bits per heavy atom. The molecule has 0 aliphatic rings. The second kappa shape index (κ2) is 16.1. The molecule has 2 aromatic rings. The molecule has 0 aromatic heterocycles. The number of allylic oxidation sites excluding steroid dienone is 2. The van der Waals surface area contributed by atoms with Crippen molar-refractivity contribution in [3.63, 3.8) is 0 Å². The minimum atomic E-state index is -0.264. The number of nitrogens with one attached hydrogen (secondary N) is 3. The molecule has 0 saturated carbocycles. The number of aliphatic hydroxyl groups excluding tert-OH is 2. The van der Waals surface area contributed by atoms with Crippen LogP contribution in [-0.2, 0) is 32.3 Å². The normalized spacial score (nSPS) is 9.90. The fourth-order valence-corrected chi connectivity index (χ4v) is 2.56. The first-order chi connectivity index (χ1) is 14.5. The summed E-state index contributed by atoms with van der Waals surface area (Å²) in [5, 5.41) is 26.6. The van der Waals surface area contributed by atoms with Gasteiger partial charge in [-0.2, -0.15) is 0 Å². The van der Waals surface area contributed by atoms with Gasteiger partial charge in [-0.1, -0.05) is 36.4 Å². The van der Waals surface area contributed by atoms with Crippen molar-refractivity contribution in [2.45, 2.75) is 19.3 Å². The first kappa shape index (κ1) is 28.4. The summed E-state index contributed by atoms with van der Waals surface area (Å²) >= 11 is 0. The predicted molar refractivity (Wildman–Crippen MR) is 118 cm³/mol. The van der Waals surface area contributed by atoms with E-state index in [0.29, 0.717) is 42.6 Å². The fourth-order valence-electron chi connectivity index (χ4n) is 2.56. The van der Waals surface area contributed by atoms with E-state index in [2.05, 4.69) is 5.32 Å². The van der Waals surface area contributed by atoms with Crippen LogP contribution in [0.5, 0.6) is 0 Å². The number of amides is 1. The maximum Gasteiger partial charge on any atom is 0.251 e. The van der Waals surface area contributed by atoms with Crippen LogP contribution in [0.2, 0.25) is 0 Å². The summed E-state index contributed by atoms with van der Waals surface area (Å²) in [5.41, 5.74) is 10.0. The molecule has 166 valence electrons. The van der Waals surface area contributed by atoms with Crippen LogP contribution < -0.4 is 5.32 Å². The van der Waals surface area contributed by atoms with Crippen LogP contribution >= 0.6 is 0 Å². The molecule has 2 aromatic carbocycles. The summed E-state index contributed by atoms with van der Waals surface area (Å²) in [6.45, 7) is 0.396. The van der Waals surface area contributed by atoms with Crippen LogP contribution in [-0.4, -0.2) is 47.9 Å². The third-order valence-electron chi connectivity index (χ3n) is 4.08. The number of rotatable bonds is 10. The Labute approximate surface area is 197 Å². The Bertz CT molecular complexity index is 885. The molecule has 2 rings (SSSR count). The number of ketones is 1. The number of aryl methyl sites for hydroxylation is 1. The smallest absolute Gasteiger partial charge is 0.251 e. The SMILES string of the molecule is CO.N=C(/C=C\C(=O)CCc1cccc([NH-])c1)c1cccc(C(=O)NCCCO)c1.[W]. The number of carbonyl (C=O) groups excluding carboxylic acids is 2. The van der Waals surface area contributed by atoms with Gasteiger partial charge in [-0.05, 0) is 42.7 Å². The van der Waals surface area contributed by atoms with Gasteiger partial charge in [0.2, 0.25) is 0 Å². The molecule has 0 bridgehead atoms. The van der Waals surface area contributed by atoms with Crippen molar-refractivity contribution in [3.05, 3.63) is 83.1 Å². The molecule has 0 radical (unpaired) electrons. The molecular weight excluding hydrogens is 566 g/mol. The topological polar surface area (TPSA) is 134 Å². The molecule has 8 heteroatoms. The maximum absolute atomic E-state index is 12.1. The van der Waals surface area contributed by atoms with E-state index in [-0.39, 0.29) is 45.1 Å². The van der Waals surface area contributed by atoms with Gasteiger partial charge in [-0.3, -0.25) is 9.59 Å². The first-order valence-corrected chi connectivity index (χ1v) is 9.54. The van der Waals surface area contributed by atoms with Crippen molar-refractivity contribution < 1.29 is 40.9 Å². The van der Waals surface area contributed by atoms with Gasteiger partial charge in [0, 0.05) is 58.9 Å². The predicted octanol–water partition coefficient (Wildman–Crippen LogP) is 3.21. The van der Waals surface area contributed by atoms with Crippen molar-refractivity contribution in [2.75, 3.05) is 20.3 Å². The van der Waals surface area contributed by atoms with E-state index in [0.717, 1.165) is 12.7 Å². The van der Waals surface area contributed by atoms with E-state index in [9.17, 15) is 9.59 Å². The van der Waals surface area contributed by atoms with Crippen LogP contribution in [0.15, 0.2) is 60.7 Å². The summed E-state index contributed by atoms with van der Waals surface area (Å²) in [7, 11) is 1.00. The Morgan fingerprint density at radius 2 is 1.74 bits per heavy atom. The molecule has 0 unspecified atom stereocenters. The van der Waals surface area contributed by atoms with Crippen molar-refractivity contribution in [3.8, 4) is 0 Å². The first-order valence-electron chi connectivity index (χ1n) is 9.54. The molecular formula is C23H28N3O4W-. The van der Waals surface area contributed by atoms with Crippen molar-refractivity contribution >= 4 is 23.1 Å². The van der Waals surface area contributed by atoms with E-state index < -0.39 is 0 Å². The molecule has 0 saturated heterocycles. The van der Waals surface area contributed by atoms with Crippen LogP contribution in [0.1, 0.15) is 34.3 Å². The van der Waals surface area contributed by atoms with Crippen LogP contribution in [0.4, 0.5) is 5.69 Å². The summed E-state index contributed by atoms with van der Waals surface area (Å²) < 4.78 is 0. The average Bonchev–Trinajstić information content (AvgIpc) is 2.77. The number of aliphatic hydroxyl groups is 2. The number of carbonyl (C=O) groups is 2. The Morgan fingerprint density at radius 1 is 1.06 bits per heavy atom. The van der Waals surface area contributed by atoms with E-state index in [1.54, 1.807) is 42.5 Å². The standard InChI is InChI=1S/C22H24N3O3.CH4O.W/c23-19-7-1-4-16(14-19)8-9-20(27)10-11-21(24)17-5-2-6-18(15-17)22(28)25-12-3-13-26;1-2;/h1-2,4-7,10-11,14-15,23-24,26H,3,8-9,12-13H2,(H,25,28);2H,1H3;/q-1;;/b11-10-,24-21?;;. The minimum absolute atomic E-state index is 0. The molecule has 0 heterocycles. The van der Waals surface area contributed by atoms with Gasteiger partial charge >= 0.3 is 0 Å². The molecule has 1 amide bonds. The van der Waals surface area contributed by atoms with E-state index in [4.69, 9.17) is 21.4 Å². The maximum atomic E-state index is 12.1. The zero-order valence-corrected chi connectivity index (χ0v) is 20.4. The van der Waals surface area contributed by atoms with Crippen LogP contribution in [0.3, 0.4) is 0 Å². The third kappa shape index (κ3) is 10.8. The molecule has 0 fully saturated rings. The number of hydrogen-bond donors (Lipinski definition) is 4.